The van der Waals surface area contributed by atoms with Crippen LogP contribution in [0.2, 0.25) is 0 Å². The standard InChI is InChI=1S/C21H19N3O3S/c1-13(28-21-23-22-20(27-21)15-6-4-3-5-7-15)19(26)17-8-9-18-16(12-17)10-11-24(18)14(2)25/h3-9,12-13H,10-11H2,1-2H3. The van der Waals surface area contributed by atoms with Gasteiger partial charge in [-0.25, -0.2) is 0 Å². The lowest BCUT2D eigenvalue weighted by Gasteiger charge is -2.15. The Morgan fingerprint density at radius 2 is 1.93 bits per heavy atom. The molecule has 0 saturated heterocycles. The molecule has 7 heteroatoms. The van der Waals surface area contributed by atoms with Crippen molar-refractivity contribution in [3.8, 4) is 11.5 Å². The Balaban J connectivity index is 1.47. The quantitative estimate of drug-likeness (QED) is 0.482. The Hall–Kier alpha value is -2.93. The number of ketones is 1. The highest BCUT2D eigenvalue weighted by molar-refractivity contribution is 8.00. The summed E-state index contributed by atoms with van der Waals surface area (Å²) in [5.74, 6) is 0.450. The number of anilines is 1. The summed E-state index contributed by atoms with van der Waals surface area (Å²) in [7, 11) is 0. The minimum absolute atomic E-state index is 0.00599. The Kier molecular flexibility index (Phi) is 5.00. The second-order valence-corrected chi connectivity index (χ2v) is 7.92. The van der Waals surface area contributed by atoms with Gasteiger partial charge >= 0.3 is 0 Å². The lowest BCUT2D eigenvalue weighted by Crippen LogP contribution is -2.25. The molecule has 4 rings (SSSR count). The van der Waals surface area contributed by atoms with E-state index >= 15 is 0 Å². The van der Waals surface area contributed by atoms with Crippen molar-refractivity contribution in [2.45, 2.75) is 30.7 Å². The number of thioether (sulfide) groups is 1. The van der Waals surface area contributed by atoms with E-state index in [0.29, 0.717) is 23.2 Å². The van der Waals surface area contributed by atoms with E-state index in [9.17, 15) is 9.59 Å². The zero-order valence-electron chi connectivity index (χ0n) is 15.6. The first kappa shape index (κ1) is 18.4. The Morgan fingerprint density at radius 1 is 1.14 bits per heavy atom. The number of benzene rings is 2. The van der Waals surface area contributed by atoms with Gasteiger partial charge in [-0.15, -0.1) is 10.2 Å². The average Bonchev–Trinajstić information content (AvgIpc) is 3.34. The van der Waals surface area contributed by atoms with Crippen LogP contribution in [0.5, 0.6) is 0 Å². The number of carbonyl (C=O) groups is 2. The molecule has 6 nitrogen and oxygen atoms in total. The Labute approximate surface area is 167 Å². The van der Waals surface area contributed by atoms with Crippen molar-refractivity contribution < 1.29 is 14.0 Å². The lowest BCUT2D eigenvalue weighted by atomic mass is 10.0. The first-order valence-corrected chi connectivity index (χ1v) is 9.91. The molecule has 1 atom stereocenters. The van der Waals surface area contributed by atoms with E-state index in [-0.39, 0.29) is 16.9 Å². The molecule has 3 aromatic rings. The summed E-state index contributed by atoms with van der Waals surface area (Å²) in [5.41, 5.74) is 3.40. The molecular weight excluding hydrogens is 374 g/mol. The summed E-state index contributed by atoms with van der Waals surface area (Å²) in [6.07, 6.45) is 0.766. The highest BCUT2D eigenvalue weighted by atomic mass is 32.2. The molecule has 0 fully saturated rings. The van der Waals surface area contributed by atoms with E-state index in [1.807, 2.05) is 49.4 Å². The molecule has 0 saturated carbocycles. The van der Waals surface area contributed by atoms with Crippen molar-refractivity contribution in [3.63, 3.8) is 0 Å². The molecule has 0 radical (unpaired) electrons. The minimum atomic E-state index is -0.368. The number of rotatable bonds is 5. The van der Waals surface area contributed by atoms with Crippen molar-refractivity contribution in [2.75, 3.05) is 11.4 Å². The molecule has 142 valence electrons. The first-order valence-electron chi connectivity index (χ1n) is 9.04. The largest absolute Gasteiger partial charge is 0.411 e. The molecule has 1 unspecified atom stereocenters. The highest BCUT2D eigenvalue weighted by Gasteiger charge is 2.25. The van der Waals surface area contributed by atoms with E-state index in [0.717, 1.165) is 23.2 Å². The SMILES string of the molecule is CC(=O)N1CCc2cc(C(=O)C(C)Sc3nnc(-c4ccccc4)o3)ccc21. The second kappa shape index (κ2) is 7.59. The fourth-order valence-electron chi connectivity index (χ4n) is 3.28. The van der Waals surface area contributed by atoms with E-state index in [2.05, 4.69) is 10.2 Å². The molecule has 28 heavy (non-hydrogen) atoms. The molecule has 0 spiro atoms. The summed E-state index contributed by atoms with van der Waals surface area (Å²) >= 11 is 1.25. The average molecular weight is 393 g/mol. The van der Waals surface area contributed by atoms with Gasteiger partial charge < -0.3 is 9.32 Å². The molecule has 1 amide bonds. The number of amides is 1. The third kappa shape index (κ3) is 3.57. The van der Waals surface area contributed by atoms with Crippen LogP contribution in [0.4, 0.5) is 5.69 Å². The van der Waals surface area contributed by atoms with Crippen LogP contribution in [0.1, 0.15) is 29.8 Å². The van der Waals surface area contributed by atoms with Gasteiger partial charge in [0, 0.05) is 30.3 Å². The molecule has 2 heterocycles. The van der Waals surface area contributed by atoms with Crippen LogP contribution in [0.15, 0.2) is 58.2 Å². The maximum absolute atomic E-state index is 12.8. The van der Waals surface area contributed by atoms with Crippen LogP contribution in [0, 0.1) is 0 Å². The van der Waals surface area contributed by atoms with Gasteiger partial charge in [-0.3, -0.25) is 9.59 Å². The number of fused-ring (bicyclic) bond motifs is 1. The molecule has 0 bridgehead atoms. The zero-order valence-corrected chi connectivity index (χ0v) is 16.4. The van der Waals surface area contributed by atoms with Gasteiger partial charge in [0.05, 0.1) is 5.25 Å². The van der Waals surface area contributed by atoms with Crippen LogP contribution in [-0.2, 0) is 11.2 Å². The Morgan fingerprint density at radius 3 is 2.68 bits per heavy atom. The van der Waals surface area contributed by atoms with Crippen molar-refractivity contribution in [3.05, 3.63) is 59.7 Å². The van der Waals surface area contributed by atoms with Crippen molar-refractivity contribution >= 4 is 29.1 Å². The topological polar surface area (TPSA) is 76.3 Å². The number of nitrogens with zero attached hydrogens (tertiary/aromatic N) is 3. The lowest BCUT2D eigenvalue weighted by molar-refractivity contribution is -0.116. The third-order valence-corrected chi connectivity index (χ3v) is 5.65. The van der Waals surface area contributed by atoms with Crippen LogP contribution >= 0.6 is 11.8 Å². The van der Waals surface area contributed by atoms with Crippen molar-refractivity contribution in [2.24, 2.45) is 0 Å². The van der Waals surface area contributed by atoms with Gasteiger partial charge in [-0.1, -0.05) is 30.0 Å². The summed E-state index contributed by atoms with van der Waals surface area (Å²) in [6, 6.07) is 15.0. The number of aromatic nitrogens is 2. The van der Waals surface area contributed by atoms with Gasteiger partial charge in [-0.05, 0) is 49.2 Å². The molecule has 0 N–H and O–H groups in total. The molecule has 1 aliphatic rings. The van der Waals surface area contributed by atoms with Gasteiger partial charge in [-0.2, -0.15) is 0 Å². The third-order valence-electron chi connectivity index (χ3n) is 4.71. The number of Topliss-reactive ketones (excluding diaryl/α,β-unsaturated/α-hetero) is 1. The molecule has 1 aromatic heterocycles. The van der Waals surface area contributed by atoms with Crippen LogP contribution < -0.4 is 4.90 Å². The van der Waals surface area contributed by atoms with E-state index < -0.39 is 0 Å². The predicted molar refractivity (Wildman–Crippen MR) is 108 cm³/mol. The summed E-state index contributed by atoms with van der Waals surface area (Å²) in [6.45, 7) is 4.05. The second-order valence-electron chi connectivity index (χ2n) is 6.63. The normalized spacial score (nSPS) is 14.0. The predicted octanol–water partition coefficient (Wildman–Crippen LogP) is 4.01. The van der Waals surface area contributed by atoms with Crippen molar-refractivity contribution in [1.82, 2.24) is 10.2 Å². The Bertz CT molecular complexity index is 1030. The van der Waals surface area contributed by atoms with Gasteiger partial charge in [0.1, 0.15) is 0 Å². The maximum atomic E-state index is 12.8. The fourth-order valence-corrected chi connectivity index (χ4v) is 4.04. The van der Waals surface area contributed by atoms with E-state index in [4.69, 9.17) is 4.42 Å². The monoisotopic (exact) mass is 393 g/mol. The van der Waals surface area contributed by atoms with E-state index in [1.54, 1.807) is 17.9 Å². The number of carbonyl (C=O) groups excluding carboxylic acids is 2. The smallest absolute Gasteiger partial charge is 0.277 e. The van der Waals surface area contributed by atoms with Crippen LogP contribution in [0.25, 0.3) is 11.5 Å². The van der Waals surface area contributed by atoms with E-state index in [1.165, 1.54) is 11.8 Å². The molecule has 2 aromatic carbocycles. The fraction of sp³-hybridized carbons (Fsp3) is 0.238. The molecule has 1 aliphatic heterocycles. The van der Waals surface area contributed by atoms with Crippen LogP contribution in [0.3, 0.4) is 0 Å². The van der Waals surface area contributed by atoms with Gasteiger partial charge in [0.2, 0.25) is 11.8 Å². The van der Waals surface area contributed by atoms with Gasteiger partial charge in [0.25, 0.3) is 5.22 Å². The number of hydrogen-bond donors (Lipinski definition) is 0. The highest BCUT2D eigenvalue weighted by Crippen LogP contribution is 2.31. The summed E-state index contributed by atoms with van der Waals surface area (Å²) in [5, 5.41) is 8.10. The van der Waals surface area contributed by atoms with Gasteiger partial charge in [0.15, 0.2) is 5.78 Å². The first-order chi connectivity index (χ1) is 13.5. The van der Waals surface area contributed by atoms with Crippen molar-refractivity contribution in [1.29, 1.82) is 0 Å². The minimum Gasteiger partial charge on any atom is -0.411 e. The summed E-state index contributed by atoms with van der Waals surface area (Å²) in [4.78, 5) is 26.3. The molecular formula is C21H19N3O3S. The zero-order chi connectivity index (χ0) is 19.7. The maximum Gasteiger partial charge on any atom is 0.277 e. The van der Waals surface area contributed by atoms with Crippen LogP contribution in [-0.4, -0.2) is 33.7 Å². The summed E-state index contributed by atoms with van der Waals surface area (Å²) < 4.78 is 5.69. The number of hydrogen-bond acceptors (Lipinski definition) is 6. The molecule has 0 aliphatic carbocycles.